The largest absolute Gasteiger partial charge is 0.479 e. The molecule has 1 saturated carbocycles. The van der Waals surface area contributed by atoms with Crippen molar-refractivity contribution in [1.82, 2.24) is 4.90 Å². The Labute approximate surface area is 146 Å². The summed E-state index contributed by atoms with van der Waals surface area (Å²) < 4.78 is 11.6. The van der Waals surface area contributed by atoms with Gasteiger partial charge in [0.1, 0.15) is 5.75 Å². The van der Waals surface area contributed by atoms with Crippen LogP contribution in [0, 0.1) is 0 Å². The SMILES string of the molecule is CC(Oc1ccc(Cl)cc1Cl)C(=O)N1CCOC2CCCCC21. The molecule has 0 radical (unpaired) electrons. The number of carbonyl (C=O) groups excluding carboxylic acids is 1. The molecule has 6 heteroatoms. The molecular weight excluding hydrogens is 337 g/mol. The summed E-state index contributed by atoms with van der Waals surface area (Å²) in [4.78, 5) is 14.7. The number of morpholine rings is 1. The summed E-state index contributed by atoms with van der Waals surface area (Å²) in [7, 11) is 0. The summed E-state index contributed by atoms with van der Waals surface area (Å²) in [5.41, 5.74) is 0. The van der Waals surface area contributed by atoms with E-state index in [0.717, 1.165) is 19.3 Å². The fourth-order valence-corrected chi connectivity index (χ4v) is 3.87. The van der Waals surface area contributed by atoms with Crippen LogP contribution < -0.4 is 4.74 Å². The Morgan fingerprint density at radius 1 is 1.35 bits per heavy atom. The standard InChI is InChI=1S/C17H21Cl2NO3/c1-11(23-15-7-6-12(18)10-13(15)19)17(21)20-8-9-22-16-5-3-2-4-14(16)20/h6-7,10-11,14,16H,2-5,8-9H2,1H3. The number of nitrogens with zero attached hydrogens (tertiary/aromatic N) is 1. The minimum absolute atomic E-state index is 0.00350. The molecule has 2 fully saturated rings. The van der Waals surface area contributed by atoms with E-state index in [0.29, 0.717) is 28.9 Å². The lowest BCUT2D eigenvalue weighted by Crippen LogP contribution is -2.57. The van der Waals surface area contributed by atoms with Crippen molar-refractivity contribution in [3.8, 4) is 5.75 Å². The van der Waals surface area contributed by atoms with Gasteiger partial charge in [-0.1, -0.05) is 36.0 Å². The average Bonchev–Trinajstić information content (AvgIpc) is 2.56. The number of hydrogen-bond donors (Lipinski definition) is 0. The van der Waals surface area contributed by atoms with Crippen molar-refractivity contribution in [1.29, 1.82) is 0 Å². The summed E-state index contributed by atoms with van der Waals surface area (Å²) >= 11 is 12.0. The topological polar surface area (TPSA) is 38.8 Å². The highest BCUT2D eigenvalue weighted by atomic mass is 35.5. The molecule has 23 heavy (non-hydrogen) atoms. The molecule has 3 atom stereocenters. The zero-order valence-corrected chi connectivity index (χ0v) is 14.6. The van der Waals surface area contributed by atoms with Crippen molar-refractivity contribution < 1.29 is 14.3 Å². The van der Waals surface area contributed by atoms with Gasteiger partial charge in [0.25, 0.3) is 5.91 Å². The van der Waals surface area contributed by atoms with E-state index in [1.165, 1.54) is 6.42 Å². The summed E-state index contributed by atoms with van der Waals surface area (Å²) in [6.07, 6.45) is 3.95. The molecule has 3 rings (SSSR count). The molecule has 1 aliphatic heterocycles. The van der Waals surface area contributed by atoms with Crippen LogP contribution in [0.4, 0.5) is 0 Å². The second-order valence-electron chi connectivity index (χ2n) is 6.13. The molecule has 1 aromatic carbocycles. The molecule has 0 N–H and O–H groups in total. The van der Waals surface area contributed by atoms with Crippen molar-refractivity contribution in [2.24, 2.45) is 0 Å². The summed E-state index contributed by atoms with van der Waals surface area (Å²) in [6, 6.07) is 5.18. The van der Waals surface area contributed by atoms with E-state index < -0.39 is 6.10 Å². The van der Waals surface area contributed by atoms with Crippen LogP contribution in [0.25, 0.3) is 0 Å². The highest BCUT2D eigenvalue weighted by Gasteiger charge is 2.38. The van der Waals surface area contributed by atoms with Crippen LogP contribution >= 0.6 is 23.2 Å². The summed E-state index contributed by atoms with van der Waals surface area (Å²) in [6.45, 7) is 2.99. The Hall–Kier alpha value is -0.970. The predicted octanol–water partition coefficient (Wildman–Crippen LogP) is 3.93. The third-order valence-corrected chi connectivity index (χ3v) is 5.09. The predicted molar refractivity (Wildman–Crippen MR) is 90.3 cm³/mol. The van der Waals surface area contributed by atoms with Crippen LogP contribution in [0.1, 0.15) is 32.6 Å². The van der Waals surface area contributed by atoms with Gasteiger partial charge in [0.05, 0.1) is 23.8 Å². The normalized spacial score (nSPS) is 25.6. The van der Waals surface area contributed by atoms with Crippen molar-refractivity contribution >= 4 is 29.1 Å². The van der Waals surface area contributed by atoms with E-state index in [-0.39, 0.29) is 18.1 Å². The van der Waals surface area contributed by atoms with Crippen LogP contribution in [-0.4, -0.2) is 42.2 Å². The van der Waals surface area contributed by atoms with Gasteiger partial charge >= 0.3 is 0 Å². The third kappa shape index (κ3) is 3.76. The molecule has 126 valence electrons. The smallest absolute Gasteiger partial charge is 0.263 e. The van der Waals surface area contributed by atoms with E-state index in [1.54, 1.807) is 25.1 Å². The second-order valence-corrected chi connectivity index (χ2v) is 6.97. The van der Waals surface area contributed by atoms with Gasteiger partial charge in [-0.3, -0.25) is 4.79 Å². The zero-order chi connectivity index (χ0) is 16.4. The van der Waals surface area contributed by atoms with Gasteiger partial charge in [-0.05, 0) is 38.0 Å². The molecule has 4 nitrogen and oxygen atoms in total. The number of hydrogen-bond acceptors (Lipinski definition) is 3. The summed E-state index contributed by atoms with van der Waals surface area (Å²) in [5.74, 6) is 0.474. The minimum Gasteiger partial charge on any atom is -0.479 e. The maximum absolute atomic E-state index is 12.8. The minimum atomic E-state index is -0.589. The molecule has 0 spiro atoms. The number of rotatable bonds is 3. The Kier molecular flexibility index (Phi) is 5.34. The Balaban J connectivity index is 1.68. The lowest BCUT2D eigenvalue weighted by Gasteiger charge is -2.44. The first-order valence-corrected chi connectivity index (χ1v) is 8.85. The van der Waals surface area contributed by atoms with E-state index in [1.807, 2.05) is 4.90 Å². The van der Waals surface area contributed by atoms with E-state index in [2.05, 4.69) is 0 Å². The number of carbonyl (C=O) groups is 1. The van der Waals surface area contributed by atoms with Crippen LogP contribution in [0.5, 0.6) is 5.75 Å². The molecule has 1 aromatic rings. The zero-order valence-electron chi connectivity index (χ0n) is 13.1. The fraction of sp³-hybridized carbons (Fsp3) is 0.588. The molecular formula is C17H21Cl2NO3. The van der Waals surface area contributed by atoms with Gasteiger partial charge in [0, 0.05) is 11.6 Å². The number of benzene rings is 1. The maximum Gasteiger partial charge on any atom is 0.263 e. The Bertz CT molecular complexity index is 579. The summed E-state index contributed by atoms with van der Waals surface area (Å²) in [5, 5.41) is 0.953. The van der Waals surface area contributed by atoms with Gasteiger partial charge in [0.2, 0.25) is 0 Å². The second kappa shape index (κ2) is 7.29. The third-order valence-electron chi connectivity index (χ3n) is 4.56. The van der Waals surface area contributed by atoms with Crippen molar-refractivity contribution in [2.75, 3.05) is 13.2 Å². The van der Waals surface area contributed by atoms with Gasteiger partial charge in [-0.15, -0.1) is 0 Å². The van der Waals surface area contributed by atoms with Crippen LogP contribution in [0.2, 0.25) is 10.0 Å². The first-order valence-electron chi connectivity index (χ1n) is 8.10. The Morgan fingerprint density at radius 3 is 2.91 bits per heavy atom. The number of amides is 1. The average molecular weight is 358 g/mol. The van der Waals surface area contributed by atoms with Crippen molar-refractivity contribution in [2.45, 2.75) is 50.9 Å². The van der Waals surface area contributed by atoms with Crippen LogP contribution in [-0.2, 0) is 9.53 Å². The van der Waals surface area contributed by atoms with E-state index >= 15 is 0 Å². The molecule has 1 aliphatic carbocycles. The highest BCUT2D eigenvalue weighted by molar-refractivity contribution is 6.35. The maximum atomic E-state index is 12.8. The molecule has 0 bridgehead atoms. The quantitative estimate of drug-likeness (QED) is 0.822. The van der Waals surface area contributed by atoms with Crippen molar-refractivity contribution in [3.63, 3.8) is 0 Å². The lowest BCUT2D eigenvalue weighted by molar-refractivity contribution is -0.155. The monoisotopic (exact) mass is 357 g/mol. The molecule has 1 heterocycles. The van der Waals surface area contributed by atoms with Gasteiger partial charge < -0.3 is 14.4 Å². The number of halogens is 2. The first kappa shape index (κ1) is 16.9. The van der Waals surface area contributed by atoms with Gasteiger partial charge in [0.15, 0.2) is 6.10 Å². The number of fused-ring (bicyclic) bond motifs is 1. The number of ether oxygens (including phenoxy) is 2. The van der Waals surface area contributed by atoms with E-state index in [4.69, 9.17) is 32.7 Å². The molecule has 1 amide bonds. The highest BCUT2D eigenvalue weighted by Crippen LogP contribution is 2.31. The molecule has 0 aromatic heterocycles. The molecule has 3 unspecified atom stereocenters. The first-order chi connectivity index (χ1) is 11.1. The fourth-order valence-electron chi connectivity index (χ4n) is 3.42. The van der Waals surface area contributed by atoms with Gasteiger partial charge in [-0.25, -0.2) is 0 Å². The van der Waals surface area contributed by atoms with Crippen LogP contribution in [0.15, 0.2) is 18.2 Å². The van der Waals surface area contributed by atoms with Crippen molar-refractivity contribution in [3.05, 3.63) is 28.2 Å². The van der Waals surface area contributed by atoms with Crippen LogP contribution in [0.3, 0.4) is 0 Å². The van der Waals surface area contributed by atoms with Gasteiger partial charge in [-0.2, -0.15) is 0 Å². The molecule has 1 saturated heterocycles. The Morgan fingerprint density at radius 2 is 2.13 bits per heavy atom. The van der Waals surface area contributed by atoms with E-state index in [9.17, 15) is 4.79 Å². The lowest BCUT2D eigenvalue weighted by atomic mass is 9.90. The molecule has 2 aliphatic rings.